The van der Waals surface area contributed by atoms with Gasteiger partial charge < -0.3 is 24.8 Å². The number of carbonyl (C=O) groups excluding carboxylic acids is 3. The molecule has 12 heteroatoms. The van der Waals surface area contributed by atoms with Crippen LogP contribution in [0.2, 0.25) is 0 Å². The van der Waals surface area contributed by atoms with Gasteiger partial charge in [0, 0.05) is 25.7 Å². The van der Waals surface area contributed by atoms with Gasteiger partial charge in [-0.25, -0.2) is 4.79 Å². The van der Waals surface area contributed by atoms with Crippen LogP contribution in [-0.4, -0.2) is 69.7 Å². The van der Waals surface area contributed by atoms with Gasteiger partial charge in [-0.05, 0) is 31.0 Å². The first-order valence-electron chi connectivity index (χ1n) is 9.83. The zero-order chi connectivity index (χ0) is 23.3. The van der Waals surface area contributed by atoms with Crippen molar-refractivity contribution in [2.24, 2.45) is 0 Å². The maximum absolute atomic E-state index is 12.6. The molecule has 0 aliphatic carbocycles. The van der Waals surface area contributed by atoms with Gasteiger partial charge in [-0.3, -0.25) is 24.7 Å². The number of non-ortho nitro benzene ring substituents is 1. The fraction of sp³-hybridized carbons (Fsp3) is 0.400. The molecule has 2 aromatic rings. The third kappa shape index (κ3) is 4.91. The Hall–Kier alpha value is -3.80. The highest BCUT2D eigenvalue weighted by Gasteiger charge is 2.38. The smallest absolute Gasteiger partial charge is 0.331 e. The predicted octanol–water partition coefficient (Wildman–Crippen LogP) is 0.511. The maximum atomic E-state index is 12.6. The fourth-order valence-electron chi connectivity index (χ4n) is 3.56. The van der Waals surface area contributed by atoms with Crippen LogP contribution in [0, 0.1) is 10.1 Å². The summed E-state index contributed by atoms with van der Waals surface area (Å²) in [6, 6.07) is 3.72. The quantitative estimate of drug-likeness (QED) is 0.255. The minimum absolute atomic E-state index is 0.129. The Balaban J connectivity index is 1.65. The molecule has 0 radical (unpaired) electrons. The lowest BCUT2D eigenvalue weighted by Gasteiger charge is -2.27. The Labute approximate surface area is 182 Å². The molecule has 2 atom stereocenters. The first-order chi connectivity index (χ1) is 15.3. The Morgan fingerprint density at radius 2 is 2.16 bits per heavy atom. The van der Waals surface area contributed by atoms with Gasteiger partial charge >= 0.3 is 5.97 Å². The summed E-state index contributed by atoms with van der Waals surface area (Å²) >= 11 is 0. The van der Waals surface area contributed by atoms with E-state index in [-0.39, 0.29) is 28.9 Å². The van der Waals surface area contributed by atoms with Gasteiger partial charge in [0.2, 0.25) is 18.6 Å². The number of aliphatic hydroxyl groups is 1. The van der Waals surface area contributed by atoms with Crippen LogP contribution in [0.1, 0.15) is 19.8 Å². The standard InChI is InChI=1S/C20H22N4O8/c1-12(26)22-14(10-25)19(27)23-9-3-5-16(23)20(28)32-11-31-17-7-6-15(24(29)30)13-4-2-8-21-18(13)17/h2,4,6-8,14,16,25H,3,5,9-11H2,1H3,(H,22,26). The number of esters is 1. The molecule has 0 bridgehead atoms. The number of likely N-dealkylation sites (tertiary alicyclic amines) is 1. The fourth-order valence-corrected chi connectivity index (χ4v) is 3.56. The summed E-state index contributed by atoms with van der Waals surface area (Å²) in [5.41, 5.74) is 0.117. The largest absolute Gasteiger partial charge is 0.455 e. The highest BCUT2D eigenvalue weighted by atomic mass is 16.7. The molecule has 12 nitrogen and oxygen atoms in total. The number of aromatic nitrogens is 1. The van der Waals surface area contributed by atoms with Crippen molar-refractivity contribution >= 4 is 34.4 Å². The maximum Gasteiger partial charge on any atom is 0.331 e. The van der Waals surface area contributed by atoms with Crippen molar-refractivity contribution in [2.75, 3.05) is 19.9 Å². The zero-order valence-electron chi connectivity index (χ0n) is 17.2. The zero-order valence-corrected chi connectivity index (χ0v) is 17.2. The summed E-state index contributed by atoms with van der Waals surface area (Å²) in [6.45, 7) is 0.419. The molecule has 3 rings (SSSR count). The van der Waals surface area contributed by atoms with Crippen LogP contribution in [0.5, 0.6) is 5.75 Å². The van der Waals surface area contributed by atoms with E-state index in [4.69, 9.17) is 9.47 Å². The van der Waals surface area contributed by atoms with Gasteiger partial charge in [0.1, 0.15) is 23.3 Å². The van der Waals surface area contributed by atoms with Crippen LogP contribution >= 0.6 is 0 Å². The molecular weight excluding hydrogens is 424 g/mol. The molecular formula is C20H22N4O8. The molecule has 0 saturated carbocycles. The number of aliphatic hydroxyl groups excluding tert-OH is 1. The highest BCUT2D eigenvalue weighted by molar-refractivity contribution is 5.92. The van der Waals surface area contributed by atoms with Gasteiger partial charge in [-0.2, -0.15) is 0 Å². The Morgan fingerprint density at radius 3 is 2.84 bits per heavy atom. The van der Waals surface area contributed by atoms with Crippen LogP contribution in [0.4, 0.5) is 5.69 Å². The normalized spacial score (nSPS) is 16.4. The Bertz CT molecular complexity index is 1040. The van der Waals surface area contributed by atoms with E-state index in [1.54, 1.807) is 6.07 Å². The molecule has 1 saturated heterocycles. The van der Waals surface area contributed by atoms with Crippen molar-refractivity contribution < 1.29 is 33.9 Å². The van der Waals surface area contributed by atoms with E-state index in [0.29, 0.717) is 12.8 Å². The van der Waals surface area contributed by atoms with E-state index < -0.39 is 48.2 Å². The number of carbonyl (C=O) groups is 3. The number of ether oxygens (including phenoxy) is 2. The molecule has 2 N–H and O–H groups in total. The van der Waals surface area contributed by atoms with Crippen LogP contribution in [0.3, 0.4) is 0 Å². The van der Waals surface area contributed by atoms with E-state index in [1.165, 1.54) is 36.2 Å². The average Bonchev–Trinajstić information content (AvgIpc) is 3.26. The average molecular weight is 446 g/mol. The third-order valence-electron chi connectivity index (χ3n) is 4.99. The van der Waals surface area contributed by atoms with Crippen molar-refractivity contribution in [1.82, 2.24) is 15.2 Å². The molecule has 32 heavy (non-hydrogen) atoms. The van der Waals surface area contributed by atoms with Gasteiger partial charge in [0.05, 0.1) is 16.9 Å². The second kappa shape index (κ2) is 10.0. The number of nitrogens with zero attached hydrogens (tertiary/aromatic N) is 3. The topological polar surface area (TPSA) is 161 Å². The number of pyridine rings is 1. The summed E-state index contributed by atoms with van der Waals surface area (Å²) < 4.78 is 10.6. The first kappa shape index (κ1) is 22.9. The first-order valence-corrected chi connectivity index (χ1v) is 9.83. The number of nitro groups is 1. The van der Waals surface area contributed by atoms with E-state index in [0.717, 1.165) is 0 Å². The van der Waals surface area contributed by atoms with E-state index in [2.05, 4.69) is 10.3 Å². The van der Waals surface area contributed by atoms with Crippen molar-refractivity contribution in [1.29, 1.82) is 0 Å². The molecule has 2 unspecified atom stereocenters. The summed E-state index contributed by atoms with van der Waals surface area (Å²) in [6.07, 6.45) is 2.38. The molecule has 170 valence electrons. The second-order valence-corrected chi connectivity index (χ2v) is 7.09. The molecule has 0 spiro atoms. The molecule has 1 aromatic carbocycles. The lowest BCUT2D eigenvalue weighted by Crippen LogP contribution is -2.53. The number of amides is 2. The second-order valence-electron chi connectivity index (χ2n) is 7.09. The molecule has 1 aromatic heterocycles. The number of hydrogen-bond donors (Lipinski definition) is 2. The minimum atomic E-state index is -1.14. The Kier molecular flexibility index (Phi) is 7.15. The molecule has 1 fully saturated rings. The monoisotopic (exact) mass is 446 g/mol. The van der Waals surface area contributed by atoms with Crippen molar-refractivity contribution in [3.8, 4) is 5.75 Å². The minimum Gasteiger partial charge on any atom is -0.455 e. The lowest BCUT2D eigenvalue weighted by atomic mass is 10.1. The van der Waals surface area contributed by atoms with Crippen molar-refractivity contribution in [3.05, 3.63) is 40.6 Å². The predicted molar refractivity (Wildman–Crippen MR) is 109 cm³/mol. The molecule has 1 aliphatic heterocycles. The number of rotatable bonds is 8. The molecule has 1 aliphatic rings. The number of benzene rings is 1. The van der Waals surface area contributed by atoms with Crippen molar-refractivity contribution in [3.63, 3.8) is 0 Å². The number of hydrogen-bond acceptors (Lipinski definition) is 9. The van der Waals surface area contributed by atoms with Crippen molar-refractivity contribution in [2.45, 2.75) is 31.8 Å². The van der Waals surface area contributed by atoms with Crippen LogP contribution in [0.25, 0.3) is 10.9 Å². The van der Waals surface area contributed by atoms with Gasteiger partial charge in [-0.15, -0.1) is 0 Å². The molecule has 2 amide bonds. The number of fused-ring (bicyclic) bond motifs is 1. The third-order valence-corrected chi connectivity index (χ3v) is 4.99. The summed E-state index contributed by atoms with van der Waals surface area (Å²) in [4.78, 5) is 52.4. The SMILES string of the molecule is CC(=O)NC(CO)C(=O)N1CCCC1C(=O)OCOc1ccc([N+](=O)[O-])c2cccnc12. The van der Waals surface area contributed by atoms with Crippen LogP contribution in [-0.2, 0) is 19.1 Å². The van der Waals surface area contributed by atoms with E-state index in [1.807, 2.05) is 0 Å². The molecule has 2 heterocycles. The van der Waals surface area contributed by atoms with Gasteiger partial charge in [-0.1, -0.05) is 0 Å². The summed E-state index contributed by atoms with van der Waals surface area (Å²) in [7, 11) is 0. The van der Waals surface area contributed by atoms with Crippen LogP contribution in [0.15, 0.2) is 30.5 Å². The summed E-state index contributed by atoms with van der Waals surface area (Å²) in [5, 5.41) is 23.2. The van der Waals surface area contributed by atoms with E-state index in [9.17, 15) is 29.6 Å². The number of nitrogens with one attached hydrogen (secondary N) is 1. The van der Waals surface area contributed by atoms with Gasteiger partial charge in [0.25, 0.3) is 5.69 Å². The lowest BCUT2D eigenvalue weighted by molar-refractivity contribution is -0.383. The van der Waals surface area contributed by atoms with Gasteiger partial charge in [0.15, 0.2) is 0 Å². The highest BCUT2D eigenvalue weighted by Crippen LogP contribution is 2.31. The summed E-state index contributed by atoms with van der Waals surface area (Å²) in [5.74, 6) is -1.56. The van der Waals surface area contributed by atoms with E-state index >= 15 is 0 Å². The number of nitro benzene ring substituents is 1. The van der Waals surface area contributed by atoms with Crippen LogP contribution < -0.4 is 10.1 Å². The Morgan fingerprint density at radius 1 is 1.38 bits per heavy atom.